The molecule has 2 aromatic rings. The molecule has 0 radical (unpaired) electrons. The summed E-state index contributed by atoms with van der Waals surface area (Å²) in [5.74, 6) is -0.255. The van der Waals surface area contributed by atoms with Crippen LogP contribution < -0.4 is 5.32 Å². The van der Waals surface area contributed by atoms with Gasteiger partial charge in [-0.2, -0.15) is 5.26 Å². The Balaban J connectivity index is 2.18. The molecule has 1 atom stereocenters. The van der Waals surface area contributed by atoms with E-state index < -0.39 is 0 Å². The smallest absolute Gasteiger partial charge is 0.231 e. The van der Waals surface area contributed by atoms with Gasteiger partial charge in [0, 0.05) is 5.69 Å². The molecule has 1 N–H and O–H groups in total. The van der Waals surface area contributed by atoms with Crippen molar-refractivity contribution in [2.75, 3.05) is 5.32 Å². The van der Waals surface area contributed by atoms with Crippen LogP contribution in [-0.4, -0.2) is 5.91 Å². The van der Waals surface area contributed by atoms with Crippen LogP contribution in [0.25, 0.3) is 0 Å². The van der Waals surface area contributed by atoms with Crippen molar-refractivity contribution in [2.24, 2.45) is 0 Å². The number of carbonyl (C=O) groups excluding carboxylic acids is 1. The van der Waals surface area contributed by atoms with Crippen LogP contribution in [0.5, 0.6) is 0 Å². The summed E-state index contributed by atoms with van der Waals surface area (Å²) in [6, 6.07) is 16.6. The average Bonchev–Trinajstić information content (AvgIpc) is 2.53. The van der Waals surface area contributed by atoms with Crippen LogP contribution in [-0.2, 0) is 4.79 Å². The van der Waals surface area contributed by atoms with Crippen molar-refractivity contribution < 1.29 is 4.79 Å². The van der Waals surface area contributed by atoms with Gasteiger partial charge in [0.05, 0.1) is 16.5 Å². The van der Waals surface area contributed by atoms with Crippen LogP contribution in [0, 0.1) is 11.3 Å². The van der Waals surface area contributed by atoms with Gasteiger partial charge >= 0.3 is 0 Å². The number of nitrogens with zero attached hydrogens (tertiary/aromatic N) is 1. The van der Waals surface area contributed by atoms with E-state index in [1.807, 2.05) is 36.4 Å². The number of hydrogen-bond donors (Lipinski definition) is 1. The number of amides is 1. The molecule has 1 unspecified atom stereocenters. The zero-order valence-electron chi connectivity index (χ0n) is 12.3. The summed E-state index contributed by atoms with van der Waals surface area (Å²) in [4.78, 5) is 12.5. The van der Waals surface area contributed by atoms with Gasteiger partial charge in [-0.3, -0.25) is 4.79 Å². The summed E-state index contributed by atoms with van der Waals surface area (Å²) in [6.45, 7) is 2.06. The Labute approximate surface area is 135 Å². The second kappa shape index (κ2) is 7.63. The van der Waals surface area contributed by atoms with Crippen LogP contribution in [0.3, 0.4) is 0 Å². The second-order valence-corrected chi connectivity index (χ2v) is 5.45. The second-order valence-electron chi connectivity index (χ2n) is 5.05. The summed E-state index contributed by atoms with van der Waals surface area (Å²) >= 11 is 6.00. The Bertz CT molecular complexity index is 692. The van der Waals surface area contributed by atoms with Crippen molar-refractivity contribution in [3.63, 3.8) is 0 Å². The zero-order valence-corrected chi connectivity index (χ0v) is 13.1. The Hall–Kier alpha value is -2.31. The number of anilines is 1. The summed E-state index contributed by atoms with van der Waals surface area (Å²) in [6.07, 6.45) is 1.70. The minimum atomic E-state index is -0.194. The van der Waals surface area contributed by atoms with Crippen molar-refractivity contribution in [1.82, 2.24) is 0 Å². The highest BCUT2D eigenvalue weighted by Crippen LogP contribution is 2.25. The molecule has 1 amide bonds. The molecule has 0 bridgehead atoms. The van der Waals surface area contributed by atoms with Crippen LogP contribution in [0.2, 0.25) is 5.02 Å². The van der Waals surface area contributed by atoms with Crippen molar-refractivity contribution >= 4 is 23.2 Å². The lowest BCUT2D eigenvalue weighted by Gasteiger charge is -2.16. The molecule has 4 heteroatoms. The average molecular weight is 313 g/mol. The fourth-order valence-electron chi connectivity index (χ4n) is 2.34. The first-order chi connectivity index (χ1) is 10.7. The van der Waals surface area contributed by atoms with Crippen molar-refractivity contribution in [3.8, 4) is 6.07 Å². The lowest BCUT2D eigenvalue weighted by molar-refractivity contribution is -0.117. The van der Waals surface area contributed by atoms with E-state index in [1.165, 1.54) is 0 Å². The summed E-state index contributed by atoms with van der Waals surface area (Å²) in [5.41, 5.74) is 2.00. The van der Waals surface area contributed by atoms with Crippen LogP contribution in [0.4, 0.5) is 5.69 Å². The highest BCUT2D eigenvalue weighted by Gasteiger charge is 2.19. The molecular weight excluding hydrogens is 296 g/mol. The van der Waals surface area contributed by atoms with Gasteiger partial charge < -0.3 is 5.32 Å². The van der Waals surface area contributed by atoms with E-state index in [1.54, 1.807) is 18.2 Å². The number of nitriles is 1. The number of halogens is 1. The van der Waals surface area contributed by atoms with Crippen molar-refractivity contribution in [1.29, 1.82) is 5.26 Å². The highest BCUT2D eigenvalue weighted by atomic mass is 35.5. The maximum Gasteiger partial charge on any atom is 0.231 e. The van der Waals surface area contributed by atoms with Crippen molar-refractivity contribution in [2.45, 2.75) is 25.7 Å². The first-order valence-corrected chi connectivity index (χ1v) is 7.59. The highest BCUT2D eigenvalue weighted by molar-refractivity contribution is 6.32. The molecule has 0 aliphatic heterocycles. The molecule has 2 rings (SSSR count). The molecule has 0 aliphatic carbocycles. The lowest BCUT2D eigenvalue weighted by atomic mass is 9.93. The molecule has 0 heterocycles. The molecule has 3 nitrogen and oxygen atoms in total. The third-order valence-electron chi connectivity index (χ3n) is 3.45. The number of nitrogens with one attached hydrogen (secondary N) is 1. The molecule has 0 aliphatic rings. The predicted molar refractivity (Wildman–Crippen MR) is 88.9 cm³/mol. The van der Waals surface area contributed by atoms with Gasteiger partial charge in [-0.1, -0.05) is 55.3 Å². The Morgan fingerprint density at radius 1 is 1.27 bits per heavy atom. The van der Waals surface area contributed by atoms with Crippen molar-refractivity contribution in [3.05, 3.63) is 64.7 Å². The van der Waals surface area contributed by atoms with E-state index in [9.17, 15) is 4.79 Å². The normalized spacial score (nSPS) is 11.5. The lowest BCUT2D eigenvalue weighted by Crippen LogP contribution is -2.21. The molecule has 0 spiro atoms. The van der Waals surface area contributed by atoms with E-state index in [4.69, 9.17) is 16.9 Å². The van der Waals surface area contributed by atoms with Gasteiger partial charge in [-0.15, -0.1) is 0 Å². The summed E-state index contributed by atoms with van der Waals surface area (Å²) < 4.78 is 0. The van der Waals surface area contributed by atoms with Gasteiger partial charge in [-0.05, 0) is 30.2 Å². The third-order valence-corrected chi connectivity index (χ3v) is 3.77. The molecule has 0 aromatic heterocycles. The molecule has 0 fully saturated rings. The molecule has 22 heavy (non-hydrogen) atoms. The summed E-state index contributed by atoms with van der Waals surface area (Å²) in [5, 5.41) is 12.1. The van der Waals surface area contributed by atoms with Gasteiger partial charge in [0.25, 0.3) is 0 Å². The monoisotopic (exact) mass is 312 g/mol. The van der Waals surface area contributed by atoms with E-state index in [-0.39, 0.29) is 11.8 Å². The molecule has 112 valence electrons. The maximum absolute atomic E-state index is 12.5. The quantitative estimate of drug-likeness (QED) is 0.867. The SMILES string of the molecule is CCCC(C(=O)Nc1ccc(C#N)c(Cl)c1)c1ccccc1. The van der Waals surface area contributed by atoms with Gasteiger partial charge in [0.2, 0.25) is 5.91 Å². The minimum Gasteiger partial charge on any atom is -0.326 e. The summed E-state index contributed by atoms with van der Waals surface area (Å²) in [7, 11) is 0. The standard InChI is InChI=1S/C18H17ClN2O/c1-2-6-16(13-7-4-3-5-8-13)18(22)21-15-10-9-14(12-20)17(19)11-15/h3-5,7-11,16H,2,6H2,1H3,(H,21,22). The molecule has 0 saturated carbocycles. The fourth-order valence-corrected chi connectivity index (χ4v) is 2.56. The number of benzene rings is 2. The molecule has 0 saturated heterocycles. The third kappa shape index (κ3) is 3.87. The first-order valence-electron chi connectivity index (χ1n) is 7.21. The van der Waals surface area contributed by atoms with Crippen LogP contribution in [0.1, 0.15) is 36.8 Å². The topological polar surface area (TPSA) is 52.9 Å². The Morgan fingerprint density at radius 2 is 2.00 bits per heavy atom. The van der Waals surface area contributed by atoms with Gasteiger partial charge in [-0.25, -0.2) is 0 Å². The fraction of sp³-hybridized carbons (Fsp3) is 0.222. The Kier molecular flexibility index (Phi) is 5.57. The van der Waals surface area contributed by atoms with E-state index >= 15 is 0 Å². The van der Waals surface area contributed by atoms with Gasteiger partial charge in [0.1, 0.15) is 6.07 Å². The first kappa shape index (κ1) is 16.1. The molecular formula is C18H17ClN2O. The van der Waals surface area contributed by atoms with E-state index in [2.05, 4.69) is 12.2 Å². The number of carbonyl (C=O) groups is 1. The predicted octanol–water partition coefficient (Wildman–Crippen LogP) is 4.73. The van der Waals surface area contributed by atoms with Crippen LogP contribution >= 0.6 is 11.6 Å². The van der Waals surface area contributed by atoms with Crippen LogP contribution in [0.15, 0.2) is 48.5 Å². The van der Waals surface area contributed by atoms with Gasteiger partial charge in [0.15, 0.2) is 0 Å². The minimum absolute atomic E-state index is 0.0613. The zero-order chi connectivity index (χ0) is 15.9. The van der Waals surface area contributed by atoms with E-state index in [0.717, 1.165) is 18.4 Å². The molecule has 2 aromatic carbocycles. The number of rotatable bonds is 5. The number of hydrogen-bond acceptors (Lipinski definition) is 2. The Morgan fingerprint density at radius 3 is 2.59 bits per heavy atom. The van der Waals surface area contributed by atoms with E-state index in [0.29, 0.717) is 16.3 Å². The largest absolute Gasteiger partial charge is 0.326 e. The maximum atomic E-state index is 12.5.